The van der Waals surface area contributed by atoms with Crippen molar-refractivity contribution >= 4 is 5.78 Å². The van der Waals surface area contributed by atoms with Gasteiger partial charge < -0.3 is 10.5 Å². The number of rotatable bonds is 5. The van der Waals surface area contributed by atoms with Crippen LogP contribution in [-0.2, 0) is 0 Å². The molecule has 0 aliphatic carbocycles. The van der Waals surface area contributed by atoms with Crippen molar-refractivity contribution in [3.63, 3.8) is 0 Å². The van der Waals surface area contributed by atoms with Crippen molar-refractivity contribution in [2.45, 2.75) is 13.0 Å². The lowest BCUT2D eigenvalue weighted by Crippen LogP contribution is -2.26. The summed E-state index contributed by atoms with van der Waals surface area (Å²) in [6.07, 6.45) is 0. The van der Waals surface area contributed by atoms with Crippen LogP contribution in [0.2, 0.25) is 0 Å². The number of carbonyl (C=O) groups is 1. The zero-order valence-corrected chi connectivity index (χ0v) is 12.0. The normalized spacial score (nSPS) is 13.5. The number of ketones is 1. The Morgan fingerprint density at radius 2 is 1.86 bits per heavy atom. The minimum absolute atomic E-state index is 0.219. The van der Waals surface area contributed by atoms with E-state index in [4.69, 9.17) is 10.5 Å². The highest BCUT2D eigenvalue weighted by Crippen LogP contribution is 2.27. The average molecular weight is 287 g/mol. The fraction of sp³-hybridized carbons (Fsp3) is 0.235. The molecule has 110 valence electrons. The van der Waals surface area contributed by atoms with Crippen LogP contribution in [0.15, 0.2) is 48.5 Å². The van der Waals surface area contributed by atoms with Crippen LogP contribution >= 0.6 is 0 Å². The fourth-order valence-corrected chi connectivity index (χ4v) is 2.25. The van der Waals surface area contributed by atoms with Gasteiger partial charge in [-0.2, -0.15) is 0 Å². The predicted octanol–water partition coefficient (Wildman–Crippen LogP) is 3.35. The zero-order chi connectivity index (χ0) is 15.4. The molecule has 0 fully saturated rings. The molecule has 0 aliphatic rings. The quantitative estimate of drug-likeness (QED) is 0.858. The smallest absolute Gasteiger partial charge is 0.171 e. The highest BCUT2D eigenvalue weighted by Gasteiger charge is 2.25. The summed E-state index contributed by atoms with van der Waals surface area (Å²) in [5.74, 6) is -0.834. The topological polar surface area (TPSA) is 52.3 Å². The Hall–Kier alpha value is -2.20. The Balaban J connectivity index is 2.29. The summed E-state index contributed by atoms with van der Waals surface area (Å²) in [5.41, 5.74) is 7.24. The number of halogens is 1. The molecule has 2 aromatic carbocycles. The maximum absolute atomic E-state index is 13.4. The summed E-state index contributed by atoms with van der Waals surface area (Å²) in [7, 11) is 1.45. The van der Waals surface area contributed by atoms with Gasteiger partial charge in [0.25, 0.3) is 0 Å². The number of Topliss-reactive ketones (excluding diaryl/α,β-unsaturated/α-hetero) is 1. The van der Waals surface area contributed by atoms with Crippen LogP contribution in [0.1, 0.15) is 28.9 Å². The first kappa shape index (κ1) is 15.2. The van der Waals surface area contributed by atoms with Gasteiger partial charge in [-0.05, 0) is 23.8 Å². The lowest BCUT2D eigenvalue weighted by Gasteiger charge is -2.20. The third kappa shape index (κ3) is 3.28. The fourth-order valence-electron chi connectivity index (χ4n) is 2.25. The molecule has 0 radical (unpaired) electrons. The third-order valence-corrected chi connectivity index (χ3v) is 3.56. The number of hydrogen-bond donors (Lipinski definition) is 1. The van der Waals surface area contributed by atoms with E-state index < -0.39 is 17.8 Å². The van der Waals surface area contributed by atoms with E-state index in [1.54, 1.807) is 6.92 Å². The van der Waals surface area contributed by atoms with E-state index in [2.05, 4.69) is 0 Å². The summed E-state index contributed by atoms with van der Waals surface area (Å²) in [6.45, 7) is 1.74. The minimum atomic E-state index is -0.483. The number of ether oxygens (including phenoxy) is 1. The molecule has 21 heavy (non-hydrogen) atoms. The SMILES string of the molecule is COc1ccc(F)cc1C(=O)C(C)C(N)c1ccccc1. The molecule has 0 saturated heterocycles. The third-order valence-electron chi connectivity index (χ3n) is 3.56. The lowest BCUT2D eigenvalue weighted by molar-refractivity contribution is 0.0909. The number of carbonyl (C=O) groups excluding carboxylic acids is 1. The van der Waals surface area contributed by atoms with Crippen LogP contribution in [0.3, 0.4) is 0 Å². The number of benzene rings is 2. The van der Waals surface area contributed by atoms with Crippen molar-refractivity contribution < 1.29 is 13.9 Å². The molecule has 0 aliphatic heterocycles. The second-order valence-electron chi connectivity index (χ2n) is 4.93. The Bertz CT molecular complexity index is 628. The summed E-state index contributed by atoms with van der Waals surface area (Å²) in [4.78, 5) is 12.6. The molecule has 2 atom stereocenters. The molecule has 0 spiro atoms. The van der Waals surface area contributed by atoms with Crippen molar-refractivity contribution in [2.75, 3.05) is 7.11 Å². The van der Waals surface area contributed by atoms with E-state index in [1.807, 2.05) is 30.3 Å². The molecule has 0 bridgehead atoms. The van der Waals surface area contributed by atoms with E-state index in [-0.39, 0.29) is 11.3 Å². The molecule has 3 nitrogen and oxygen atoms in total. The Morgan fingerprint density at radius 3 is 2.48 bits per heavy atom. The minimum Gasteiger partial charge on any atom is -0.496 e. The molecule has 2 N–H and O–H groups in total. The Labute approximate surface area is 123 Å². The van der Waals surface area contributed by atoms with Gasteiger partial charge in [-0.3, -0.25) is 4.79 Å². The summed E-state index contributed by atoms with van der Waals surface area (Å²) in [6, 6.07) is 12.8. The van der Waals surface area contributed by atoms with E-state index in [1.165, 1.54) is 25.3 Å². The van der Waals surface area contributed by atoms with Crippen molar-refractivity contribution in [1.29, 1.82) is 0 Å². The zero-order valence-electron chi connectivity index (χ0n) is 12.0. The summed E-state index contributed by atoms with van der Waals surface area (Å²) < 4.78 is 18.5. The van der Waals surface area contributed by atoms with Crippen molar-refractivity contribution in [2.24, 2.45) is 11.7 Å². The van der Waals surface area contributed by atoms with Gasteiger partial charge in [-0.25, -0.2) is 4.39 Å². The second kappa shape index (κ2) is 6.50. The largest absolute Gasteiger partial charge is 0.496 e. The maximum Gasteiger partial charge on any atom is 0.171 e. The molecule has 0 aromatic heterocycles. The first-order chi connectivity index (χ1) is 10.0. The van der Waals surface area contributed by atoms with Gasteiger partial charge in [0.15, 0.2) is 5.78 Å². The van der Waals surface area contributed by atoms with E-state index in [0.717, 1.165) is 5.56 Å². The molecule has 0 saturated carbocycles. The van der Waals surface area contributed by atoms with Gasteiger partial charge in [0.1, 0.15) is 11.6 Å². The number of nitrogens with two attached hydrogens (primary N) is 1. The molecule has 2 rings (SSSR count). The molecule has 0 heterocycles. The van der Waals surface area contributed by atoms with Gasteiger partial charge in [-0.15, -0.1) is 0 Å². The van der Waals surface area contributed by atoms with Crippen LogP contribution < -0.4 is 10.5 Å². The molecular weight excluding hydrogens is 269 g/mol. The van der Waals surface area contributed by atoms with Gasteiger partial charge in [0.2, 0.25) is 0 Å². The number of methoxy groups -OCH3 is 1. The van der Waals surface area contributed by atoms with Crippen molar-refractivity contribution in [3.8, 4) is 5.75 Å². The highest BCUT2D eigenvalue weighted by atomic mass is 19.1. The Kier molecular flexibility index (Phi) is 4.70. The van der Waals surface area contributed by atoms with E-state index in [9.17, 15) is 9.18 Å². The van der Waals surface area contributed by atoms with Gasteiger partial charge in [0.05, 0.1) is 12.7 Å². The molecular formula is C17H18FNO2. The van der Waals surface area contributed by atoms with Crippen molar-refractivity contribution in [3.05, 3.63) is 65.5 Å². The summed E-state index contributed by atoms with van der Waals surface area (Å²) >= 11 is 0. The first-order valence-corrected chi connectivity index (χ1v) is 6.73. The van der Waals surface area contributed by atoms with Gasteiger partial charge in [0, 0.05) is 12.0 Å². The molecule has 4 heteroatoms. The van der Waals surface area contributed by atoms with Crippen LogP contribution in [0.4, 0.5) is 4.39 Å². The van der Waals surface area contributed by atoms with Gasteiger partial charge >= 0.3 is 0 Å². The molecule has 2 aromatic rings. The molecule has 2 unspecified atom stereocenters. The lowest BCUT2D eigenvalue weighted by atomic mass is 9.88. The van der Waals surface area contributed by atoms with Crippen LogP contribution in [0.5, 0.6) is 5.75 Å². The van der Waals surface area contributed by atoms with E-state index in [0.29, 0.717) is 5.75 Å². The monoisotopic (exact) mass is 287 g/mol. The maximum atomic E-state index is 13.4. The van der Waals surface area contributed by atoms with Crippen molar-refractivity contribution in [1.82, 2.24) is 0 Å². The highest BCUT2D eigenvalue weighted by molar-refractivity contribution is 6.00. The van der Waals surface area contributed by atoms with Crippen LogP contribution in [-0.4, -0.2) is 12.9 Å². The predicted molar refractivity (Wildman–Crippen MR) is 79.8 cm³/mol. The standard InChI is InChI=1S/C17H18FNO2/c1-11(16(19)12-6-4-3-5-7-12)17(20)14-10-13(18)8-9-15(14)21-2/h3-11,16H,19H2,1-2H3. The number of hydrogen-bond acceptors (Lipinski definition) is 3. The Morgan fingerprint density at radius 1 is 1.19 bits per heavy atom. The van der Waals surface area contributed by atoms with Gasteiger partial charge in [-0.1, -0.05) is 37.3 Å². The van der Waals surface area contributed by atoms with E-state index >= 15 is 0 Å². The molecule has 0 amide bonds. The first-order valence-electron chi connectivity index (χ1n) is 6.73. The average Bonchev–Trinajstić information content (AvgIpc) is 2.53. The van der Waals surface area contributed by atoms with Crippen LogP contribution in [0.25, 0.3) is 0 Å². The van der Waals surface area contributed by atoms with Crippen LogP contribution in [0, 0.1) is 11.7 Å². The second-order valence-corrected chi connectivity index (χ2v) is 4.93. The summed E-state index contributed by atoms with van der Waals surface area (Å²) in [5, 5.41) is 0.